The molecule has 2 aromatic carbocycles. The molecule has 0 fully saturated rings. The predicted molar refractivity (Wildman–Crippen MR) is 102 cm³/mol. The first-order valence-corrected chi connectivity index (χ1v) is 10.1. The summed E-state index contributed by atoms with van der Waals surface area (Å²) in [5, 5.41) is 3.60. The van der Waals surface area contributed by atoms with Crippen molar-refractivity contribution in [1.82, 2.24) is 5.32 Å². The average Bonchev–Trinajstić information content (AvgIpc) is 2.53. The zero-order chi connectivity index (χ0) is 18.4. The minimum Gasteiger partial charge on any atom is -0.352 e. The smallest absolute Gasteiger partial charge is 0.251 e. The van der Waals surface area contributed by atoms with Crippen molar-refractivity contribution in [1.29, 1.82) is 0 Å². The molecule has 0 saturated carbocycles. The Bertz CT molecular complexity index is 866. The van der Waals surface area contributed by atoms with Gasteiger partial charge < -0.3 is 5.32 Å². The monoisotopic (exact) mass is 380 g/mol. The number of aryl methyl sites for hydroxylation is 2. The highest BCUT2D eigenvalue weighted by molar-refractivity contribution is 7.92. The first kappa shape index (κ1) is 19.3. The topological polar surface area (TPSA) is 75.3 Å². The molecule has 134 valence electrons. The summed E-state index contributed by atoms with van der Waals surface area (Å²) in [6.07, 6.45) is 2.66. The van der Waals surface area contributed by atoms with Crippen LogP contribution in [0.1, 0.15) is 27.9 Å². The number of carbonyl (C=O) groups is 1. The molecular formula is C18H21ClN2O3S. The Balaban J connectivity index is 1.88. The number of nitrogens with one attached hydrogen (secondary N) is 2. The Kier molecular flexibility index (Phi) is 6.45. The van der Waals surface area contributed by atoms with Crippen LogP contribution in [0.3, 0.4) is 0 Å². The van der Waals surface area contributed by atoms with Crippen molar-refractivity contribution in [2.24, 2.45) is 0 Å². The van der Waals surface area contributed by atoms with Crippen LogP contribution in [0.25, 0.3) is 0 Å². The Hall–Kier alpha value is -2.05. The molecule has 0 unspecified atom stereocenters. The van der Waals surface area contributed by atoms with E-state index in [9.17, 15) is 13.2 Å². The zero-order valence-electron chi connectivity index (χ0n) is 14.2. The van der Waals surface area contributed by atoms with Gasteiger partial charge in [0.15, 0.2) is 0 Å². The highest BCUT2D eigenvalue weighted by Gasteiger charge is 2.10. The molecule has 0 spiro atoms. The van der Waals surface area contributed by atoms with Gasteiger partial charge in [0.1, 0.15) is 0 Å². The van der Waals surface area contributed by atoms with Gasteiger partial charge >= 0.3 is 0 Å². The Morgan fingerprint density at radius 2 is 1.88 bits per heavy atom. The van der Waals surface area contributed by atoms with Crippen LogP contribution in [0, 0.1) is 6.92 Å². The Labute approximate surface area is 153 Å². The third-order valence-corrected chi connectivity index (χ3v) is 4.61. The van der Waals surface area contributed by atoms with E-state index in [1.54, 1.807) is 25.1 Å². The highest BCUT2D eigenvalue weighted by atomic mass is 35.5. The Morgan fingerprint density at radius 1 is 1.16 bits per heavy atom. The number of rotatable bonds is 7. The van der Waals surface area contributed by atoms with Gasteiger partial charge in [-0.2, -0.15) is 0 Å². The lowest BCUT2D eigenvalue weighted by Crippen LogP contribution is -2.25. The first-order chi connectivity index (χ1) is 11.8. The average molecular weight is 381 g/mol. The second-order valence-corrected chi connectivity index (χ2v) is 8.01. The molecule has 0 radical (unpaired) electrons. The lowest BCUT2D eigenvalue weighted by molar-refractivity contribution is 0.0953. The van der Waals surface area contributed by atoms with Gasteiger partial charge in [0.25, 0.3) is 5.91 Å². The van der Waals surface area contributed by atoms with E-state index >= 15 is 0 Å². The van der Waals surface area contributed by atoms with Crippen molar-refractivity contribution < 1.29 is 13.2 Å². The quantitative estimate of drug-likeness (QED) is 0.723. The number of hydrogen-bond donors (Lipinski definition) is 2. The first-order valence-electron chi connectivity index (χ1n) is 7.86. The minimum atomic E-state index is -3.34. The van der Waals surface area contributed by atoms with Crippen LogP contribution in [0.5, 0.6) is 0 Å². The summed E-state index contributed by atoms with van der Waals surface area (Å²) in [5.74, 6) is -0.187. The third-order valence-electron chi connectivity index (χ3n) is 3.65. The molecule has 25 heavy (non-hydrogen) atoms. The summed E-state index contributed by atoms with van der Waals surface area (Å²) in [4.78, 5) is 12.2. The van der Waals surface area contributed by atoms with Crippen LogP contribution in [-0.2, 0) is 16.4 Å². The van der Waals surface area contributed by atoms with Crippen LogP contribution in [-0.4, -0.2) is 27.1 Å². The van der Waals surface area contributed by atoms with E-state index in [2.05, 4.69) is 10.0 Å². The van der Waals surface area contributed by atoms with Gasteiger partial charge in [-0.3, -0.25) is 9.52 Å². The lowest BCUT2D eigenvalue weighted by atomic mass is 10.1. The third kappa shape index (κ3) is 6.07. The SMILES string of the molecule is Cc1cc(C(=O)NCCCc2ccccc2Cl)ccc1NS(C)(=O)=O. The van der Waals surface area contributed by atoms with E-state index < -0.39 is 10.0 Å². The number of halogens is 1. The van der Waals surface area contributed by atoms with Crippen molar-refractivity contribution >= 4 is 33.2 Å². The van der Waals surface area contributed by atoms with Gasteiger partial charge in [-0.1, -0.05) is 29.8 Å². The maximum absolute atomic E-state index is 12.2. The number of sulfonamides is 1. The second-order valence-electron chi connectivity index (χ2n) is 5.85. The fourth-order valence-corrected chi connectivity index (χ4v) is 3.26. The molecule has 0 saturated heterocycles. The van der Waals surface area contributed by atoms with Gasteiger partial charge in [0.05, 0.1) is 11.9 Å². The normalized spacial score (nSPS) is 11.2. The molecule has 0 aliphatic carbocycles. The van der Waals surface area contributed by atoms with Gasteiger partial charge in [0.2, 0.25) is 10.0 Å². The van der Waals surface area contributed by atoms with Crippen LogP contribution >= 0.6 is 11.6 Å². The van der Waals surface area contributed by atoms with E-state index in [1.807, 2.05) is 24.3 Å². The van der Waals surface area contributed by atoms with E-state index in [0.29, 0.717) is 23.4 Å². The molecule has 0 bridgehead atoms. The molecule has 0 aliphatic heterocycles. The molecule has 0 atom stereocenters. The molecule has 5 nitrogen and oxygen atoms in total. The van der Waals surface area contributed by atoms with Crippen LogP contribution < -0.4 is 10.0 Å². The summed E-state index contributed by atoms with van der Waals surface area (Å²) in [6.45, 7) is 2.29. The summed E-state index contributed by atoms with van der Waals surface area (Å²) in [6, 6.07) is 12.5. The van der Waals surface area contributed by atoms with E-state index in [0.717, 1.165) is 29.7 Å². The molecule has 1 amide bonds. The van der Waals surface area contributed by atoms with E-state index in [1.165, 1.54) is 0 Å². The van der Waals surface area contributed by atoms with Crippen molar-refractivity contribution in [2.45, 2.75) is 19.8 Å². The second kappa shape index (κ2) is 8.36. The molecule has 7 heteroatoms. The maximum atomic E-state index is 12.2. The van der Waals surface area contributed by atoms with Crippen molar-refractivity contribution in [2.75, 3.05) is 17.5 Å². The largest absolute Gasteiger partial charge is 0.352 e. The van der Waals surface area contributed by atoms with Crippen LogP contribution in [0.4, 0.5) is 5.69 Å². The van der Waals surface area contributed by atoms with Crippen LogP contribution in [0.15, 0.2) is 42.5 Å². The fourth-order valence-electron chi connectivity index (χ4n) is 2.40. The molecule has 0 aromatic heterocycles. The van der Waals surface area contributed by atoms with Gasteiger partial charge in [-0.25, -0.2) is 8.42 Å². The number of anilines is 1. The Morgan fingerprint density at radius 3 is 2.52 bits per heavy atom. The number of benzene rings is 2. The summed E-state index contributed by atoms with van der Waals surface area (Å²) in [7, 11) is -3.34. The summed E-state index contributed by atoms with van der Waals surface area (Å²) < 4.78 is 25.0. The van der Waals surface area contributed by atoms with Crippen molar-refractivity contribution in [3.63, 3.8) is 0 Å². The van der Waals surface area contributed by atoms with Gasteiger partial charge in [0, 0.05) is 17.1 Å². The van der Waals surface area contributed by atoms with Crippen molar-refractivity contribution in [3.05, 3.63) is 64.2 Å². The predicted octanol–water partition coefficient (Wildman–Crippen LogP) is 3.38. The summed E-state index contributed by atoms with van der Waals surface area (Å²) in [5.41, 5.74) is 2.71. The highest BCUT2D eigenvalue weighted by Crippen LogP contribution is 2.18. The van der Waals surface area contributed by atoms with Gasteiger partial charge in [-0.05, 0) is 55.2 Å². The standard InChI is InChI=1S/C18H21ClN2O3S/c1-13-12-15(9-10-17(13)21-25(2,23)24)18(22)20-11-5-7-14-6-3-4-8-16(14)19/h3-4,6,8-10,12,21H,5,7,11H2,1-2H3,(H,20,22). The fraction of sp³-hybridized carbons (Fsp3) is 0.278. The minimum absolute atomic E-state index is 0.187. The molecular weight excluding hydrogens is 360 g/mol. The zero-order valence-corrected chi connectivity index (χ0v) is 15.7. The maximum Gasteiger partial charge on any atom is 0.251 e. The van der Waals surface area contributed by atoms with Gasteiger partial charge in [-0.15, -0.1) is 0 Å². The molecule has 0 heterocycles. The van der Waals surface area contributed by atoms with E-state index in [4.69, 9.17) is 11.6 Å². The number of hydrogen-bond acceptors (Lipinski definition) is 3. The lowest BCUT2D eigenvalue weighted by Gasteiger charge is -2.10. The molecule has 0 aliphatic rings. The van der Waals surface area contributed by atoms with Crippen LogP contribution in [0.2, 0.25) is 5.02 Å². The number of amides is 1. The summed E-state index contributed by atoms with van der Waals surface area (Å²) >= 11 is 6.10. The molecule has 2 rings (SSSR count). The number of carbonyl (C=O) groups excluding carboxylic acids is 1. The van der Waals surface area contributed by atoms with E-state index in [-0.39, 0.29) is 5.91 Å². The van der Waals surface area contributed by atoms with Crippen molar-refractivity contribution in [3.8, 4) is 0 Å². The molecule has 2 aromatic rings. The molecule has 2 N–H and O–H groups in total.